The normalized spacial score (nSPS) is 22.9. The van der Waals surface area contributed by atoms with Crippen LogP contribution >= 0.6 is 0 Å². The number of rotatable bonds is 6. The van der Waals surface area contributed by atoms with Gasteiger partial charge in [0.2, 0.25) is 0 Å². The highest BCUT2D eigenvalue weighted by Crippen LogP contribution is 2.46. The Bertz CT molecular complexity index is 1400. The van der Waals surface area contributed by atoms with Gasteiger partial charge in [0.15, 0.2) is 0 Å². The Hall–Kier alpha value is -3.57. The van der Waals surface area contributed by atoms with Crippen LogP contribution in [0.15, 0.2) is 89.7 Å². The summed E-state index contributed by atoms with van der Waals surface area (Å²) < 4.78 is 7.67. The molecule has 4 heterocycles. The van der Waals surface area contributed by atoms with Crippen molar-refractivity contribution in [2.75, 3.05) is 32.1 Å². The van der Waals surface area contributed by atoms with E-state index in [2.05, 4.69) is 89.6 Å². The van der Waals surface area contributed by atoms with Crippen LogP contribution < -0.4 is 15.2 Å². The van der Waals surface area contributed by atoms with Gasteiger partial charge in [-0.2, -0.15) is 0 Å². The molecule has 0 radical (unpaired) electrons. The van der Waals surface area contributed by atoms with Crippen molar-refractivity contribution in [3.63, 3.8) is 0 Å². The molecule has 0 saturated carbocycles. The van der Waals surface area contributed by atoms with Crippen molar-refractivity contribution in [2.24, 2.45) is 13.0 Å². The van der Waals surface area contributed by atoms with Gasteiger partial charge >= 0.3 is 0 Å². The first kappa shape index (κ1) is 23.8. The largest absolute Gasteiger partial charge is 0.495 e. The zero-order valence-corrected chi connectivity index (χ0v) is 21.9. The molecule has 3 aliphatic rings. The minimum atomic E-state index is 0.000185. The van der Waals surface area contributed by atoms with Crippen molar-refractivity contribution in [3.8, 4) is 5.75 Å². The molecule has 190 valence electrons. The molecule has 0 unspecified atom stereocenters. The number of benzene rings is 3. The number of likely N-dealkylation sites (N-methyl/N-ethyl adjacent to an activating group) is 1. The van der Waals surface area contributed by atoms with Crippen LogP contribution in [-0.2, 0) is 7.05 Å². The second-order valence-corrected chi connectivity index (χ2v) is 10.6. The van der Waals surface area contributed by atoms with E-state index in [1.54, 1.807) is 17.7 Å². The zero-order valence-electron chi connectivity index (χ0n) is 21.9. The van der Waals surface area contributed by atoms with Gasteiger partial charge in [0.05, 0.1) is 18.3 Å². The van der Waals surface area contributed by atoms with E-state index in [1.807, 2.05) is 13.1 Å². The van der Waals surface area contributed by atoms with Gasteiger partial charge in [-0.05, 0) is 61.2 Å². The molecule has 3 saturated heterocycles. The van der Waals surface area contributed by atoms with Gasteiger partial charge < -0.3 is 14.2 Å². The molecule has 3 fully saturated rings. The Kier molecular flexibility index (Phi) is 6.25. The second-order valence-electron chi connectivity index (χ2n) is 10.6. The Morgan fingerprint density at radius 2 is 1.51 bits per heavy atom. The monoisotopic (exact) mass is 493 g/mol. The quantitative estimate of drug-likeness (QED) is 0.366. The first-order valence-electron chi connectivity index (χ1n) is 13.3. The van der Waals surface area contributed by atoms with E-state index < -0.39 is 0 Å². The molecular weight excluding hydrogens is 458 g/mol. The van der Waals surface area contributed by atoms with Crippen LogP contribution in [0.2, 0.25) is 0 Å². The van der Waals surface area contributed by atoms with Crippen molar-refractivity contribution >= 4 is 16.6 Å². The highest BCUT2D eigenvalue weighted by Gasteiger charge is 2.48. The van der Waals surface area contributed by atoms with Gasteiger partial charge in [0.25, 0.3) is 5.56 Å². The number of piperidine rings is 3. The highest BCUT2D eigenvalue weighted by molar-refractivity contribution is 5.86. The summed E-state index contributed by atoms with van der Waals surface area (Å²) >= 11 is 0. The summed E-state index contributed by atoms with van der Waals surface area (Å²) in [5.74, 6) is 1.70. The molecule has 0 aliphatic carbocycles. The van der Waals surface area contributed by atoms with Crippen LogP contribution in [-0.4, -0.2) is 48.8 Å². The van der Waals surface area contributed by atoms with Crippen molar-refractivity contribution in [3.05, 3.63) is 106 Å². The lowest BCUT2D eigenvalue weighted by Gasteiger charge is -2.56. The number of fused-ring (bicyclic) bond motifs is 4. The molecule has 4 aromatic rings. The van der Waals surface area contributed by atoms with Crippen molar-refractivity contribution in [1.29, 1.82) is 0 Å². The third-order valence-electron chi connectivity index (χ3n) is 8.74. The maximum Gasteiger partial charge on any atom is 0.250 e. The van der Waals surface area contributed by atoms with Crippen LogP contribution in [0.25, 0.3) is 10.9 Å². The third-order valence-corrected chi connectivity index (χ3v) is 8.74. The molecule has 1 aromatic heterocycles. The topological polar surface area (TPSA) is 37.7 Å². The van der Waals surface area contributed by atoms with Crippen molar-refractivity contribution < 1.29 is 4.74 Å². The van der Waals surface area contributed by atoms with Gasteiger partial charge in [0, 0.05) is 43.5 Å². The minimum Gasteiger partial charge on any atom is -0.495 e. The Morgan fingerprint density at radius 1 is 0.892 bits per heavy atom. The van der Waals surface area contributed by atoms with E-state index in [-0.39, 0.29) is 11.5 Å². The van der Waals surface area contributed by atoms with E-state index in [0.717, 1.165) is 35.4 Å². The van der Waals surface area contributed by atoms with Crippen LogP contribution in [0.4, 0.5) is 5.69 Å². The Balaban J connectivity index is 1.50. The maximum absolute atomic E-state index is 12.4. The standard InChI is InChI=1S/C32H35N3O2/c1-33-26-21-27(28(37-3)20-25(26)14-15-29(33)36)34(2)31-24-16-18-35(19-17-24)32(31)30(22-10-6-4-7-11-22)23-12-8-5-9-13-23/h4-15,20-21,24,30-32H,16-19H2,1-3H3/t31-,32-/m0/s1. The summed E-state index contributed by atoms with van der Waals surface area (Å²) in [6, 6.07) is 30.3. The molecule has 37 heavy (non-hydrogen) atoms. The Morgan fingerprint density at radius 3 is 2.11 bits per heavy atom. The van der Waals surface area contributed by atoms with E-state index in [1.165, 1.54) is 24.0 Å². The number of hydrogen-bond donors (Lipinski definition) is 0. The number of aryl methyl sites for hydroxylation is 1. The van der Waals surface area contributed by atoms with Crippen LogP contribution in [0.3, 0.4) is 0 Å². The number of hydrogen-bond acceptors (Lipinski definition) is 4. The molecule has 5 heteroatoms. The number of anilines is 1. The summed E-state index contributed by atoms with van der Waals surface area (Å²) in [7, 11) is 5.81. The molecule has 3 aromatic carbocycles. The summed E-state index contributed by atoms with van der Waals surface area (Å²) in [4.78, 5) is 17.6. The summed E-state index contributed by atoms with van der Waals surface area (Å²) in [6.07, 6.45) is 2.41. The van der Waals surface area contributed by atoms with E-state index in [9.17, 15) is 4.79 Å². The lowest BCUT2D eigenvalue weighted by atomic mass is 9.70. The van der Waals surface area contributed by atoms with Gasteiger partial charge in [0.1, 0.15) is 5.75 Å². The molecular formula is C32H35N3O2. The minimum absolute atomic E-state index is 0.000185. The molecule has 7 rings (SSSR count). The third kappa shape index (κ3) is 4.11. The SMILES string of the molecule is COc1cc2ccc(=O)n(C)c2cc1N(C)[C@H]1C2CCN(CC2)[C@H]1C(c1ccccc1)c1ccccc1. The molecule has 3 aliphatic heterocycles. The predicted molar refractivity (Wildman–Crippen MR) is 151 cm³/mol. The van der Waals surface area contributed by atoms with Gasteiger partial charge in [-0.25, -0.2) is 0 Å². The van der Waals surface area contributed by atoms with E-state index in [0.29, 0.717) is 18.0 Å². The fourth-order valence-corrected chi connectivity index (χ4v) is 6.90. The summed E-state index contributed by atoms with van der Waals surface area (Å²) in [6.45, 7) is 2.28. The van der Waals surface area contributed by atoms with E-state index >= 15 is 0 Å². The average Bonchev–Trinajstić information content (AvgIpc) is 2.96. The molecule has 2 bridgehead atoms. The first-order valence-corrected chi connectivity index (χ1v) is 13.3. The number of pyridine rings is 1. The summed E-state index contributed by atoms with van der Waals surface area (Å²) in [5.41, 5.74) is 4.69. The molecule has 0 N–H and O–H groups in total. The maximum atomic E-state index is 12.4. The van der Waals surface area contributed by atoms with Crippen LogP contribution in [0.5, 0.6) is 5.75 Å². The number of ether oxygens (including phenoxy) is 1. The molecule has 5 nitrogen and oxygen atoms in total. The first-order chi connectivity index (χ1) is 18.1. The van der Waals surface area contributed by atoms with Crippen LogP contribution in [0, 0.1) is 5.92 Å². The lowest BCUT2D eigenvalue weighted by molar-refractivity contribution is 0.0185. The summed E-state index contributed by atoms with van der Waals surface area (Å²) in [5, 5.41) is 1.01. The number of methoxy groups -OCH3 is 1. The number of aromatic nitrogens is 1. The average molecular weight is 494 g/mol. The fraction of sp³-hybridized carbons (Fsp3) is 0.344. The van der Waals surface area contributed by atoms with Crippen molar-refractivity contribution in [2.45, 2.75) is 30.8 Å². The van der Waals surface area contributed by atoms with Gasteiger partial charge in [-0.1, -0.05) is 60.7 Å². The Labute approximate surface area is 218 Å². The highest BCUT2D eigenvalue weighted by atomic mass is 16.5. The fourth-order valence-electron chi connectivity index (χ4n) is 6.90. The van der Waals surface area contributed by atoms with Crippen molar-refractivity contribution in [1.82, 2.24) is 9.47 Å². The lowest BCUT2D eigenvalue weighted by Crippen LogP contribution is -2.65. The zero-order chi connectivity index (χ0) is 25.5. The van der Waals surface area contributed by atoms with E-state index in [4.69, 9.17) is 4.74 Å². The predicted octanol–water partition coefficient (Wildman–Crippen LogP) is 5.28. The van der Waals surface area contributed by atoms with Crippen LogP contribution in [0.1, 0.15) is 29.9 Å². The van der Waals surface area contributed by atoms with Gasteiger partial charge in [-0.15, -0.1) is 0 Å². The number of nitrogens with zero attached hydrogens (tertiary/aromatic N) is 3. The molecule has 0 spiro atoms. The molecule has 2 atom stereocenters. The smallest absolute Gasteiger partial charge is 0.250 e. The second kappa shape index (κ2) is 9.71. The van der Waals surface area contributed by atoms with Gasteiger partial charge in [-0.3, -0.25) is 9.69 Å². The molecule has 0 amide bonds.